The molecule has 2 saturated heterocycles. The summed E-state index contributed by atoms with van der Waals surface area (Å²) < 4.78 is 38.0. The first-order valence-corrected chi connectivity index (χ1v) is 12.8. The lowest BCUT2D eigenvalue weighted by Crippen LogP contribution is -2.40. The summed E-state index contributed by atoms with van der Waals surface area (Å²) in [6.07, 6.45) is 1.90. The molecule has 34 heavy (non-hydrogen) atoms. The maximum absolute atomic E-state index is 13.0. The lowest BCUT2D eigenvalue weighted by atomic mass is 10.1. The summed E-state index contributed by atoms with van der Waals surface area (Å²) in [5, 5.41) is 2.85. The van der Waals surface area contributed by atoms with Crippen molar-refractivity contribution in [3.05, 3.63) is 48.0 Å². The lowest BCUT2D eigenvalue weighted by molar-refractivity contribution is -0.117. The molecular formula is C24H29N3O6S. The van der Waals surface area contributed by atoms with Gasteiger partial charge in [0.1, 0.15) is 5.75 Å². The second-order valence-electron chi connectivity index (χ2n) is 8.23. The van der Waals surface area contributed by atoms with Gasteiger partial charge < -0.3 is 19.7 Å². The highest BCUT2D eigenvalue weighted by molar-refractivity contribution is 7.89. The number of sulfonamides is 1. The summed E-state index contributed by atoms with van der Waals surface area (Å²) >= 11 is 0. The number of methoxy groups -OCH3 is 1. The third-order valence-corrected chi connectivity index (χ3v) is 7.91. The lowest BCUT2D eigenvalue weighted by Gasteiger charge is -2.26. The number of ether oxygens (including phenoxy) is 2. The fourth-order valence-electron chi connectivity index (χ4n) is 4.16. The highest BCUT2D eigenvalue weighted by atomic mass is 32.2. The van der Waals surface area contributed by atoms with Crippen molar-refractivity contribution < 1.29 is 27.5 Å². The zero-order valence-electron chi connectivity index (χ0n) is 19.2. The van der Waals surface area contributed by atoms with Gasteiger partial charge in [0, 0.05) is 43.9 Å². The molecule has 2 aromatic carbocycles. The van der Waals surface area contributed by atoms with Crippen molar-refractivity contribution in [1.29, 1.82) is 0 Å². The number of rotatable bonds is 8. The number of hydrogen-bond donors (Lipinski definition) is 1. The van der Waals surface area contributed by atoms with E-state index in [0.29, 0.717) is 62.7 Å². The maximum atomic E-state index is 13.0. The minimum Gasteiger partial charge on any atom is -0.496 e. The molecule has 2 aliphatic rings. The number of aryl methyl sites for hydroxylation is 1. The van der Waals surface area contributed by atoms with Gasteiger partial charge in [0.2, 0.25) is 21.8 Å². The van der Waals surface area contributed by atoms with Crippen LogP contribution in [0.5, 0.6) is 5.75 Å². The van der Waals surface area contributed by atoms with Gasteiger partial charge in [0.05, 0.1) is 25.2 Å². The average Bonchev–Trinajstić information content (AvgIpc) is 3.29. The van der Waals surface area contributed by atoms with Crippen molar-refractivity contribution in [2.24, 2.45) is 0 Å². The first-order chi connectivity index (χ1) is 16.4. The Labute approximate surface area is 199 Å². The third-order valence-electron chi connectivity index (χ3n) is 6.02. The van der Waals surface area contributed by atoms with Crippen molar-refractivity contribution in [3.63, 3.8) is 0 Å². The number of nitrogens with one attached hydrogen (secondary N) is 1. The fourth-order valence-corrected chi connectivity index (χ4v) is 5.62. The second kappa shape index (κ2) is 10.5. The predicted octanol–water partition coefficient (Wildman–Crippen LogP) is 2.41. The molecule has 1 N–H and O–H groups in total. The van der Waals surface area contributed by atoms with E-state index < -0.39 is 10.0 Å². The third kappa shape index (κ3) is 5.40. The second-order valence-corrected chi connectivity index (χ2v) is 10.2. The number of benzene rings is 2. The van der Waals surface area contributed by atoms with E-state index in [9.17, 15) is 18.0 Å². The van der Waals surface area contributed by atoms with Crippen LogP contribution in [0, 0.1) is 0 Å². The van der Waals surface area contributed by atoms with Gasteiger partial charge in [-0.3, -0.25) is 9.59 Å². The molecule has 2 aromatic rings. The molecule has 2 heterocycles. The highest BCUT2D eigenvalue weighted by Gasteiger charge is 2.27. The number of anilines is 2. The van der Waals surface area contributed by atoms with Gasteiger partial charge in [-0.25, -0.2) is 8.42 Å². The number of morpholine rings is 1. The summed E-state index contributed by atoms with van der Waals surface area (Å²) in [7, 11) is -2.13. The Balaban J connectivity index is 1.40. The quantitative estimate of drug-likeness (QED) is 0.613. The van der Waals surface area contributed by atoms with Crippen molar-refractivity contribution >= 4 is 33.2 Å². The van der Waals surface area contributed by atoms with Crippen LogP contribution in [0.1, 0.15) is 24.8 Å². The van der Waals surface area contributed by atoms with Crippen LogP contribution < -0.4 is 15.0 Å². The van der Waals surface area contributed by atoms with Crippen molar-refractivity contribution in [2.75, 3.05) is 50.2 Å². The molecular weight excluding hydrogens is 458 g/mol. The zero-order chi connectivity index (χ0) is 24.1. The Kier molecular flexibility index (Phi) is 7.50. The largest absolute Gasteiger partial charge is 0.496 e. The van der Waals surface area contributed by atoms with Crippen LogP contribution in [-0.4, -0.2) is 64.5 Å². The van der Waals surface area contributed by atoms with Gasteiger partial charge in [0.25, 0.3) is 0 Å². The van der Waals surface area contributed by atoms with Gasteiger partial charge in [-0.2, -0.15) is 4.31 Å². The first kappa shape index (κ1) is 24.2. The molecule has 182 valence electrons. The topological polar surface area (TPSA) is 105 Å². The SMILES string of the molecule is COc1ccc(S(=O)(=O)N2CCOCC2)cc1CCC(=O)Nc1ccc(N2CCCC2=O)cc1. The average molecular weight is 488 g/mol. The molecule has 0 bridgehead atoms. The smallest absolute Gasteiger partial charge is 0.243 e. The Morgan fingerprint density at radius 1 is 1.09 bits per heavy atom. The van der Waals surface area contributed by atoms with Crippen LogP contribution in [0.2, 0.25) is 0 Å². The van der Waals surface area contributed by atoms with Crippen LogP contribution in [0.15, 0.2) is 47.4 Å². The summed E-state index contributed by atoms with van der Waals surface area (Å²) in [5.74, 6) is 0.449. The molecule has 2 fully saturated rings. The fraction of sp³-hybridized carbons (Fsp3) is 0.417. The van der Waals surface area contributed by atoms with Crippen molar-refractivity contribution in [1.82, 2.24) is 4.31 Å². The summed E-state index contributed by atoms with van der Waals surface area (Å²) in [6.45, 7) is 2.09. The van der Waals surface area contributed by atoms with Crippen LogP contribution in [0.4, 0.5) is 11.4 Å². The Hall–Kier alpha value is -2.95. The minimum atomic E-state index is -3.64. The molecule has 0 unspecified atom stereocenters. The monoisotopic (exact) mass is 487 g/mol. The Morgan fingerprint density at radius 2 is 1.82 bits per heavy atom. The molecule has 0 radical (unpaired) electrons. The van der Waals surface area contributed by atoms with Gasteiger partial charge in [-0.05, 0) is 60.9 Å². The van der Waals surface area contributed by atoms with Crippen LogP contribution in [0.3, 0.4) is 0 Å². The molecule has 0 aromatic heterocycles. The number of carbonyl (C=O) groups is 2. The summed E-state index contributed by atoms with van der Waals surface area (Å²) in [6, 6.07) is 11.9. The predicted molar refractivity (Wildman–Crippen MR) is 128 cm³/mol. The number of hydrogen-bond acceptors (Lipinski definition) is 6. The first-order valence-electron chi connectivity index (χ1n) is 11.3. The maximum Gasteiger partial charge on any atom is 0.243 e. The van der Waals surface area contributed by atoms with E-state index in [4.69, 9.17) is 9.47 Å². The van der Waals surface area contributed by atoms with E-state index in [0.717, 1.165) is 12.1 Å². The molecule has 0 saturated carbocycles. The molecule has 2 amide bonds. The summed E-state index contributed by atoms with van der Waals surface area (Å²) in [5.41, 5.74) is 2.11. The van der Waals surface area contributed by atoms with Crippen LogP contribution in [-0.2, 0) is 30.8 Å². The zero-order valence-corrected chi connectivity index (χ0v) is 20.0. The Bertz CT molecular complexity index is 1140. The van der Waals surface area contributed by atoms with E-state index >= 15 is 0 Å². The Morgan fingerprint density at radius 3 is 2.47 bits per heavy atom. The van der Waals surface area contributed by atoms with E-state index in [-0.39, 0.29) is 23.1 Å². The van der Waals surface area contributed by atoms with E-state index in [2.05, 4.69) is 5.32 Å². The molecule has 4 rings (SSSR count). The molecule has 0 aliphatic carbocycles. The number of nitrogens with zero attached hydrogens (tertiary/aromatic N) is 2. The van der Waals surface area contributed by atoms with E-state index in [1.807, 2.05) is 12.1 Å². The molecule has 2 aliphatic heterocycles. The molecule has 10 heteroatoms. The number of amides is 2. The van der Waals surface area contributed by atoms with Gasteiger partial charge in [0.15, 0.2) is 0 Å². The molecule has 0 atom stereocenters. The van der Waals surface area contributed by atoms with E-state index in [1.165, 1.54) is 17.5 Å². The van der Waals surface area contributed by atoms with E-state index in [1.54, 1.807) is 29.2 Å². The van der Waals surface area contributed by atoms with Crippen LogP contribution >= 0.6 is 0 Å². The standard InChI is InChI=1S/C24H29N3O6S/c1-32-22-10-9-21(34(30,31)26-13-15-33-16-14-26)17-18(22)4-11-23(28)25-19-5-7-20(8-6-19)27-12-2-3-24(27)29/h5-10,17H,2-4,11-16H2,1H3,(H,25,28). The normalized spacial score (nSPS) is 17.1. The summed E-state index contributed by atoms with van der Waals surface area (Å²) in [4.78, 5) is 26.4. The van der Waals surface area contributed by atoms with Crippen molar-refractivity contribution in [2.45, 2.75) is 30.6 Å². The van der Waals surface area contributed by atoms with Crippen molar-refractivity contribution in [3.8, 4) is 5.75 Å². The van der Waals surface area contributed by atoms with Gasteiger partial charge in [-0.1, -0.05) is 0 Å². The van der Waals surface area contributed by atoms with Crippen LogP contribution in [0.25, 0.3) is 0 Å². The molecule has 0 spiro atoms. The number of carbonyl (C=O) groups excluding carboxylic acids is 2. The highest BCUT2D eigenvalue weighted by Crippen LogP contribution is 2.27. The minimum absolute atomic E-state index is 0.114. The van der Waals surface area contributed by atoms with Gasteiger partial charge >= 0.3 is 0 Å². The van der Waals surface area contributed by atoms with Gasteiger partial charge in [-0.15, -0.1) is 0 Å². The molecule has 9 nitrogen and oxygen atoms in total.